The summed E-state index contributed by atoms with van der Waals surface area (Å²) in [6.45, 7) is 4.96. The second kappa shape index (κ2) is 10.7. The predicted octanol–water partition coefficient (Wildman–Crippen LogP) is 8.22. The SMILES string of the molecule is CCCCOc1ccc(NC2=Nc3ccccc3N3C2=Nc2c(c(C)nn2-c2ccccc2)C3c2cccs2)cc1. The first kappa shape index (κ1) is 25.3. The van der Waals surface area contributed by atoms with Crippen molar-refractivity contribution in [2.75, 3.05) is 16.8 Å². The van der Waals surface area contributed by atoms with E-state index in [0.717, 1.165) is 70.9 Å². The summed E-state index contributed by atoms with van der Waals surface area (Å²) in [7, 11) is 0. The number of aryl methyl sites for hydroxylation is 1. The van der Waals surface area contributed by atoms with Crippen LogP contribution in [0.2, 0.25) is 0 Å². The molecular formula is C33H30N6OS. The van der Waals surface area contributed by atoms with Crippen LogP contribution in [0.25, 0.3) is 5.69 Å². The Morgan fingerprint density at radius 3 is 2.49 bits per heavy atom. The molecule has 0 amide bonds. The Labute approximate surface area is 243 Å². The highest BCUT2D eigenvalue weighted by Crippen LogP contribution is 2.49. The van der Waals surface area contributed by atoms with E-state index in [0.29, 0.717) is 5.84 Å². The van der Waals surface area contributed by atoms with E-state index in [9.17, 15) is 0 Å². The standard InChI is InChI=1S/C33H30N6OS/c1-3-4-20-40-25-18-16-23(17-19-25)34-31-33-36-32-29(22(2)37-39(32)24-11-6-5-7-12-24)30(28-15-10-21-41-28)38(33)27-14-9-8-13-26(27)35-31/h5-19,21,30H,3-4,20H2,1-2H3,(H,34,35). The van der Waals surface area contributed by atoms with Crippen molar-refractivity contribution in [3.63, 3.8) is 0 Å². The van der Waals surface area contributed by atoms with Crippen LogP contribution in [0.3, 0.4) is 0 Å². The molecule has 3 aromatic carbocycles. The van der Waals surface area contributed by atoms with Crippen LogP contribution in [0, 0.1) is 6.92 Å². The Morgan fingerprint density at radius 2 is 1.71 bits per heavy atom. The maximum absolute atomic E-state index is 5.88. The highest BCUT2D eigenvalue weighted by molar-refractivity contribution is 7.10. The molecule has 2 aliphatic heterocycles. The summed E-state index contributed by atoms with van der Waals surface area (Å²) in [6.07, 6.45) is 2.15. The van der Waals surface area contributed by atoms with Gasteiger partial charge in [-0.15, -0.1) is 11.3 Å². The third kappa shape index (κ3) is 4.60. The van der Waals surface area contributed by atoms with Gasteiger partial charge in [0.15, 0.2) is 17.5 Å². The summed E-state index contributed by atoms with van der Waals surface area (Å²) in [6, 6.07) is 30.7. The minimum absolute atomic E-state index is 0.0993. The van der Waals surface area contributed by atoms with Crippen molar-refractivity contribution < 1.29 is 4.74 Å². The van der Waals surface area contributed by atoms with Gasteiger partial charge in [0.2, 0.25) is 0 Å². The third-order valence-corrected chi connectivity index (χ3v) is 8.26. The van der Waals surface area contributed by atoms with Gasteiger partial charge in [-0.2, -0.15) is 5.10 Å². The van der Waals surface area contributed by atoms with Crippen molar-refractivity contribution in [2.24, 2.45) is 9.98 Å². The average molecular weight is 559 g/mol. The Morgan fingerprint density at radius 1 is 0.902 bits per heavy atom. The number of rotatable bonds is 7. The van der Waals surface area contributed by atoms with Gasteiger partial charge in [0, 0.05) is 16.1 Å². The number of ether oxygens (including phenoxy) is 1. The maximum atomic E-state index is 5.88. The highest BCUT2D eigenvalue weighted by Gasteiger charge is 2.41. The lowest BCUT2D eigenvalue weighted by atomic mass is 9.98. The number of nitrogens with one attached hydrogen (secondary N) is 1. The molecule has 0 bridgehead atoms. The number of hydrogen-bond donors (Lipinski definition) is 1. The maximum Gasteiger partial charge on any atom is 0.179 e. The molecule has 0 saturated heterocycles. The first-order chi connectivity index (χ1) is 20.2. The van der Waals surface area contributed by atoms with E-state index >= 15 is 0 Å². The lowest BCUT2D eigenvalue weighted by molar-refractivity contribution is 0.309. The molecule has 0 spiro atoms. The van der Waals surface area contributed by atoms with Crippen molar-refractivity contribution >= 4 is 45.9 Å². The number of thiophene rings is 1. The topological polar surface area (TPSA) is 67.0 Å². The molecule has 7 rings (SSSR count). The predicted molar refractivity (Wildman–Crippen MR) is 168 cm³/mol. The lowest BCUT2D eigenvalue weighted by Gasteiger charge is -2.40. The number of amidine groups is 2. The Kier molecular flexibility index (Phi) is 6.60. The fourth-order valence-electron chi connectivity index (χ4n) is 5.37. The van der Waals surface area contributed by atoms with Crippen LogP contribution < -0.4 is 15.0 Å². The van der Waals surface area contributed by atoms with Crippen molar-refractivity contribution in [2.45, 2.75) is 32.7 Å². The second-order valence-corrected chi connectivity index (χ2v) is 11.1. The molecule has 1 atom stereocenters. The van der Waals surface area contributed by atoms with Gasteiger partial charge >= 0.3 is 0 Å². The number of aromatic nitrogens is 2. The summed E-state index contributed by atoms with van der Waals surface area (Å²) >= 11 is 1.74. The third-order valence-electron chi connectivity index (χ3n) is 7.34. The summed E-state index contributed by atoms with van der Waals surface area (Å²) in [5.41, 5.74) is 5.86. The summed E-state index contributed by atoms with van der Waals surface area (Å²) in [5, 5.41) is 10.7. The quantitative estimate of drug-likeness (QED) is 0.204. The number of fused-ring (bicyclic) bond motifs is 4. The molecule has 1 unspecified atom stereocenters. The second-order valence-electron chi connectivity index (χ2n) is 10.1. The molecule has 4 heterocycles. The van der Waals surface area contributed by atoms with Gasteiger partial charge in [0.1, 0.15) is 11.8 Å². The summed E-state index contributed by atoms with van der Waals surface area (Å²) < 4.78 is 7.83. The minimum atomic E-state index is -0.0993. The number of hydrogen-bond acceptors (Lipinski definition) is 7. The van der Waals surface area contributed by atoms with Gasteiger partial charge in [-0.05, 0) is 73.3 Å². The number of benzene rings is 3. The fraction of sp³-hybridized carbons (Fsp3) is 0.182. The van der Waals surface area contributed by atoms with E-state index in [2.05, 4.69) is 71.9 Å². The molecule has 204 valence electrons. The van der Waals surface area contributed by atoms with Crippen LogP contribution in [-0.2, 0) is 0 Å². The molecule has 7 nitrogen and oxygen atoms in total. The molecule has 0 saturated carbocycles. The zero-order chi connectivity index (χ0) is 27.8. The van der Waals surface area contributed by atoms with Crippen LogP contribution in [0.15, 0.2) is 106 Å². The molecule has 0 aliphatic carbocycles. The van der Waals surface area contributed by atoms with E-state index in [-0.39, 0.29) is 6.04 Å². The number of unbranched alkanes of at least 4 members (excludes halogenated alkanes) is 1. The molecular weight excluding hydrogens is 528 g/mol. The number of anilines is 2. The molecule has 41 heavy (non-hydrogen) atoms. The highest BCUT2D eigenvalue weighted by atomic mass is 32.1. The van der Waals surface area contributed by atoms with E-state index in [1.807, 2.05) is 53.2 Å². The van der Waals surface area contributed by atoms with Crippen molar-refractivity contribution in [1.82, 2.24) is 9.78 Å². The summed E-state index contributed by atoms with van der Waals surface area (Å²) in [5.74, 6) is 3.14. The largest absolute Gasteiger partial charge is 0.494 e. The molecule has 1 N–H and O–H groups in total. The first-order valence-corrected chi connectivity index (χ1v) is 14.8. The van der Waals surface area contributed by atoms with E-state index in [4.69, 9.17) is 19.8 Å². The van der Waals surface area contributed by atoms with Crippen molar-refractivity contribution in [3.05, 3.63) is 113 Å². The van der Waals surface area contributed by atoms with Crippen LogP contribution >= 0.6 is 11.3 Å². The van der Waals surface area contributed by atoms with Gasteiger partial charge in [-0.3, -0.25) is 0 Å². The molecule has 0 radical (unpaired) electrons. The Balaban J connectivity index is 1.37. The smallest absolute Gasteiger partial charge is 0.179 e. The van der Waals surface area contributed by atoms with E-state index in [1.165, 1.54) is 4.88 Å². The Bertz CT molecular complexity index is 1740. The zero-order valence-electron chi connectivity index (χ0n) is 23.0. The minimum Gasteiger partial charge on any atom is -0.494 e. The van der Waals surface area contributed by atoms with Crippen molar-refractivity contribution in [1.29, 1.82) is 0 Å². The average Bonchev–Trinajstić information content (AvgIpc) is 3.66. The summed E-state index contributed by atoms with van der Waals surface area (Å²) in [4.78, 5) is 13.9. The van der Waals surface area contributed by atoms with Crippen LogP contribution in [0.5, 0.6) is 5.75 Å². The van der Waals surface area contributed by atoms with Gasteiger partial charge in [-0.25, -0.2) is 14.7 Å². The molecule has 0 fully saturated rings. The van der Waals surface area contributed by atoms with Crippen LogP contribution in [0.4, 0.5) is 22.9 Å². The monoisotopic (exact) mass is 558 g/mol. The van der Waals surface area contributed by atoms with Gasteiger partial charge in [0.05, 0.1) is 29.4 Å². The van der Waals surface area contributed by atoms with Crippen LogP contribution in [0.1, 0.15) is 41.9 Å². The van der Waals surface area contributed by atoms with E-state index < -0.39 is 0 Å². The molecule has 5 aromatic rings. The molecule has 2 aliphatic rings. The fourth-order valence-corrected chi connectivity index (χ4v) is 6.19. The number of aliphatic imine (C=N–C) groups is 2. The van der Waals surface area contributed by atoms with Gasteiger partial charge < -0.3 is 15.0 Å². The van der Waals surface area contributed by atoms with Crippen molar-refractivity contribution in [3.8, 4) is 11.4 Å². The molecule has 8 heteroatoms. The number of para-hydroxylation sites is 3. The number of nitrogens with zero attached hydrogens (tertiary/aromatic N) is 5. The van der Waals surface area contributed by atoms with E-state index in [1.54, 1.807) is 11.3 Å². The molecule has 2 aromatic heterocycles. The zero-order valence-corrected chi connectivity index (χ0v) is 23.8. The van der Waals surface area contributed by atoms with Gasteiger partial charge in [-0.1, -0.05) is 49.7 Å². The van der Waals surface area contributed by atoms with Crippen LogP contribution in [-0.4, -0.2) is 28.1 Å². The van der Waals surface area contributed by atoms with Gasteiger partial charge in [0.25, 0.3) is 0 Å². The Hall–Kier alpha value is -4.69. The lowest BCUT2D eigenvalue weighted by Crippen LogP contribution is -2.46. The normalized spacial score (nSPS) is 15.4. The first-order valence-electron chi connectivity index (χ1n) is 14.0.